The van der Waals surface area contributed by atoms with Crippen LogP contribution in [-0.4, -0.2) is 55.4 Å². The van der Waals surface area contributed by atoms with Gasteiger partial charge in [0.15, 0.2) is 0 Å². The van der Waals surface area contributed by atoms with Crippen molar-refractivity contribution in [2.45, 2.75) is 45.8 Å². The molecule has 3 N–H and O–H groups in total. The second-order valence-corrected chi connectivity index (χ2v) is 5.47. The fourth-order valence-electron chi connectivity index (χ4n) is 2.35. The van der Waals surface area contributed by atoms with Gasteiger partial charge in [-0.2, -0.15) is 0 Å². The van der Waals surface area contributed by atoms with Crippen molar-refractivity contribution in [1.82, 2.24) is 10.3 Å². The average molecular weight is 272 g/mol. The van der Waals surface area contributed by atoms with E-state index in [0.29, 0.717) is 6.54 Å². The maximum absolute atomic E-state index is 5.87. The van der Waals surface area contributed by atoms with Crippen LogP contribution in [0.25, 0.3) is 0 Å². The summed E-state index contributed by atoms with van der Waals surface area (Å²) in [6.45, 7) is 12.0. The largest absolute Gasteiger partial charge is 0.382 e. The van der Waals surface area contributed by atoms with Crippen molar-refractivity contribution in [2.75, 3.05) is 32.8 Å². The zero-order chi connectivity index (χ0) is 14.3. The van der Waals surface area contributed by atoms with E-state index in [1.54, 1.807) is 0 Å². The van der Waals surface area contributed by atoms with Gasteiger partial charge < -0.3 is 14.4 Å². The molecule has 0 bridgehead atoms. The van der Waals surface area contributed by atoms with Crippen LogP contribution in [0, 0.1) is 0 Å². The minimum absolute atomic E-state index is 0.172. The number of ether oxygens (including phenoxy) is 2. The van der Waals surface area contributed by atoms with Crippen LogP contribution in [0.3, 0.4) is 0 Å². The monoisotopic (exact) mass is 272 g/mol. The molecule has 1 saturated heterocycles. The van der Waals surface area contributed by atoms with Crippen LogP contribution in [0.4, 0.5) is 0 Å². The van der Waals surface area contributed by atoms with Gasteiger partial charge in [-0.15, -0.1) is 0 Å². The topological polar surface area (TPSA) is 72.1 Å². The second-order valence-electron chi connectivity index (χ2n) is 5.47. The summed E-state index contributed by atoms with van der Waals surface area (Å²) in [5.41, 5.74) is 2.52. The summed E-state index contributed by atoms with van der Waals surface area (Å²) in [5.74, 6) is 6.32. The van der Waals surface area contributed by atoms with Crippen molar-refractivity contribution in [3.8, 4) is 0 Å². The van der Waals surface area contributed by atoms with Gasteiger partial charge in [-0.3, -0.25) is 10.4 Å². The van der Waals surface area contributed by atoms with Crippen LogP contribution >= 0.6 is 0 Å². The summed E-state index contributed by atoms with van der Waals surface area (Å²) in [5, 5.41) is 0. The van der Waals surface area contributed by atoms with Gasteiger partial charge in [0.2, 0.25) is 5.96 Å². The van der Waals surface area contributed by atoms with Crippen LogP contribution < -0.4 is 11.3 Å². The van der Waals surface area contributed by atoms with E-state index >= 15 is 0 Å². The molecular weight excluding hydrogens is 244 g/mol. The molecule has 0 aromatic heterocycles. The lowest BCUT2D eigenvalue weighted by Gasteiger charge is -2.42. The number of rotatable bonds is 5. The number of nitrogens with zero attached hydrogens (tertiary/aromatic N) is 2. The summed E-state index contributed by atoms with van der Waals surface area (Å²) in [4.78, 5) is 6.66. The van der Waals surface area contributed by atoms with Crippen LogP contribution in [0.1, 0.15) is 34.1 Å². The van der Waals surface area contributed by atoms with Crippen molar-refractivity contribution in [1.29, 1.82) is 0 Å². The minimum Gasteiger partial charge on any atom is -0.382 e. The third-order valence-corrected chi connectivity index (χ3v) is 2.91. The lowest BCUT2D eigenvalue weighted by atomic mass is 10.1. The van der Waals surface area contributed by atoms with Crippen molar-refractivity contribution in [3.05, 3.63) is 0 Å². The Labute approximate surface area is 116 Å². The molecule has 1 aliphatic heterocycles. The maximum atomic E-state index is 5.87. The Hall–Kier alpha value is -0.850. The van der Waals surface area contributed by atoms with E-state index in [1.165, 1.54) is 0 Å². The molecule has 6 nitrogen and oxygen atoms in total. The van der Waals surface area contributed by atoms with E-state index in [1.807, 2.05) is 6.92 Å². The van der Waals surface area contributed by atoms with Crippen molar-refractivity contribution >= 4 is 5.96 Å². The lowest BCUT2D eigenvalue weighted by Crippen LogP contribution is -2.57. The van der Waals surface area contributed by atoms with Gasteiger partial charge >= 0.3 is 0 Å². The smallest absolute Gasteiger partial charge is 0.208 e. The molecule has 0 radical (unpaired) electrons. The molecule has 1 heterocycles. The Bertz CT molecular complexity index is 294. The third-order valence-electron chi connectivity index (χ3n) is 2.91. The molecule has 6 heteroatoms. The SMILES string of the molecule is CCOCCCN=C(NN)N1CC(C)OC(C)(C)C1. The van der Waals surface area contributed by atoms with Gasteiger partial charge in [0.05, 0.1) is 11.7 Å². The number of hydrogen-bond donors (Lipinski definition) is 2. The van der Waals surface area contributed by atoms with E-state index < -0.39 is 0 Å². The summed E-state index contributed by atoms with van der Waals surface area (Å²) >= 11 is 0. The molecule has 0 saturated carbocycles. The van der Waals surface area contributed by atoms with E-state index in [0.717, 1.165) is 38.7 Å². The number of hydrogen-bond acceptors (Lipinski definition) is 4. The Morgan fingerprint density at radius 2 is 2.32 bits per heavy atom. The fraction of sp³-hybridized carbons (Fsp3) is 0.923. The number of nitrogens with two attached hydrogens (primary N) is 1. The zero-order valence-electron chi connectivity index (χ0n) is 12.6. The highest BCUT2D eigenvalue weighted by atomic mass is 16.5. The molecule has 1 aliphatic rings. The molecule has 0 aliphatic carbocycles. The van der Waals surface area contributed by atoms with E-state index in [-0.39, 0.29) is 11.7 Å². The first-order valence-corrected chi connectivity index (χ1v) is 7.00. The van der Waals surface area contributed by atoms with E-state index in [4.69, 9.17) is 15.3 Å². The molecule has 0 aromatic carbocycles. The van der Waals surface area contributed by atoms with Crippen LogP contribution in [0.5, 0.6) is 0 Å². The quantitative estimate of drug-likeness (QED) is 0.254. The van der Waals surface area contributed by atoms with Crippen LogP contribution in [0.2, 0.25) is 0 Å². The average Bonchev–Trinajstić information content (AvgIpc) is 2.31. The third kappa shape index (κ3) is 5.76. The highest BCUT2D eigenvalue weighted by Gasteiger charge is 2.32. The summed E-state index contributed by atoms with van der Waals surface area (Å²) in [6.07, 6.45) is 1.08. The number of nitrogens with one attached hydrogen (secondary N) is 1. The molecule has 112 valence electrons. The number of morpholine rings is 1. The van der Waals surface area contributed by atoms with Crippen molar-refractivity contribution < 1.29 is 9.47 Å². The molecule has 0 aromatic rings. The lowest BCUT2D eigenvalue weighted by molar-refractivity contribution is -0.113. The van der Waals surface area contributed by atoms with Gasteiger partial charge in [0.25, 0.3) is 0 Å². The highest BCUT2D eigenvalue weighted by Crippen LogP contribution is 2.20. The molecule has 0 amide bonds. The van der Waals surface area contributed by atoms with Gasteiger partial charge in [-0.05, 0) is 34.1 Å². The molecule has 1 atom stereocenters. The van der Waals surface area contributed by atoms with Crippen LogP contribution in [-0.2, 0) is 9.47 Å². The fourth-order valence-corrected chi connectivity index (χ4v) is 2.35. The predicted molar refractivity (Wildman–Crippen MR) is 76.9 cm³/mol. The van der Waals surface area contributed by atoms with Crippen molar-refractivity contribution in [2.24, 2.45) is 10.8 Å². The molecule has 1 fully saturated rings. The van der Waals surface area contributed by atoms with Gasteiger partial charge in [0.1, 0.15) is 0 Å². The normalized spacial score (nSPS) is 23.5. The number of guanidine groups is 1. The summed E-state index contributed by atoms with van der Waals surface area (Å²) < 4.78 is 11.2. The maximum Gasteiger partial charge on any atom is 0.208 e. The standard InChI is InChI=1S/C13H28N4O2/c1-5-18-8-6-7-15-12(16-14)17-9-11(2)19-13(3,4)10-17/h11H,5-10,14H2,1-4H3,(H,15,16). The Morgan fingerprint density at radius 1 is 1.58 bits per heavy atom. The minimum atomic E-state index is -0.180. The van der Waals surface area contributed by atoms with E-state index in [2.05, 4.69) is 36.1 Å². The second kappa shape index (κ2) is 7.67. The molecule has 1 rings (SSSR count). The van der Waals surface area contributed by atoms with Gasteiger partial charge in [-0.25, -0.2) is 5.84 Å². The molecule has 19 heavy (non-hydrogen) atoms. The van der Waals surface area contributed by atoms with Crippen molar-refractivity contribution in [3.63, 3.8) is 0 Å². The van der Waals surface area contributed by atoms with Crippen LogP contribution in [0.15, 0.2) is 4.99 Å². The Kier molecular flexibility index (Phi) is 6.54. The molecule has 1 unspecified atom stereocenters. The Balaban J connectivity index is 2.51. The highest BCUT2D eigenvalue weighted by molar-refractivity contribution is 5.79. The van der Waals surface area contributed by atoms with Gasteiger partial charge in [0, 0.05) is 32.8 Å². The predicted octanol–water partition coefficient (Wildman–Crippen LogP) is 0.732. The van der Waals surface area contributed by atoms with Gasteiger partial charge in [-0.1, -0.05) is 0 Å². The molecular formula is C13H28N4O2. The first kappa shape index (κ1) is 16.2. The first-order valence-electron chi connectivity index (χ1n) is 7.00. The number of aliphatic imine (C=N–C) groups is 1. The Morgan fingerprint density at radius 3 is 2.89 bits per heavy atom. The molecule has 0 spiro atoms. The summed E-state index contributed by atoms with van der Waals surface area (Å²) in [7, 11) is 0. The zero-order valence-corrected chi connectivity index (χ0v) is 12.6. The number of hydrazine groups is 1. The summed E-state index contributed by atoms with van der Waals surface area (Å²) in [6, 6.07) is 0. The van der Waals surface area contributed by atoms with E-state index in [9.17, 15) is 0 Å². The first-order chi connectivity index (χ1) is 8.98.